The molecule has 1 atom stereocenters. The SMILES string of the molecule is CCCCC[C@H](C)NC(=O)c1ccc(Cl)c(S(=O)(=O)N2CCCC2)c1. The fourth-order valence-corrected chi connectivity index (χ4v) is 5.01. The number of hydrogen-bond acceptors (Lipinski definition) is 3. The van der Waals surface area contributed by atoms with E-state index in [2.05, 4.69) is 12.2 Å². The highest BCUT2D eigenvalue weighted by atomic mass is 35.5. The molecule has 0 unspecified atom stereocenters. The van der Waals surface area contributed by atoms with E-state index in [0.29, 0.717) is 18.7 Å². The molecule has 0 radical (unpaired) electrons. The summed E-state index contributed by atoms with van der Waals surface area (Å²) >= 11 is 6.12. The van der Waals surface area contributed by atoms with Gasteiger partial charge in [-0.25, -0.2) is 8.42 Å². The van der Waals surface area contributed by atoms with E-state index >= 15 is 0 Å². The van der Waals surface area contributed by atoms with E-state index < -0.39 is 10.0 Å². The van der Waals surface area contributed by atoms with Crippen molar-refractivity contribution in [3.63, 3.8) is 0 Å². The summed E-state index contributed by atoms with van der Waals surface area (Å²) in [6.45, 7) is 5.11. The van der Waals surface area contributed by atoms with Gasteiger partial charge in [0.2, 0.25) is 10.0 Å². The number of hydrogen-bond donors (Lipinski definition) is 1. The average molecular weight is 387 g/mol. The van der Waals surface area contributed by atoms with E-state index in [0.717, 1.165) is 38.5 Å². The van der Waals surface area contributed by atoms with Gasteiger partial charge in [-0.15, -0.1) is 0 Å². The van der Waals surface area contributed by atoms with E-state index in [1.54, 1.807) is 6.07 Å². The van der Waals surface area contributed by atoms with Crippen LogP contribution < -0.4 is 5.32 Å². The maximum absolute atomic E-state index is 12.7. The number of halogens is 1. The maximum atomic E-state index is 12.7. The number of sulfonamides is 1. The second-order valence-electron chi connectivity index (χ2n) is 6.63. The first-order valence-corrected chi connectivity index (χ1v) is 10.8. The normalized spacial score (nSPS) is 16.8. The molecule has 7 heteroatoms. The van der Waals surface area contributed by atoms with E-state index in [-0.39, 0.29) is 21.9 Å². The number of unbranched alkanes of at least 4 members (excludes halogenated alkanes) is 2. The first kappa shape index (κ1) is 20.2. The van der Waals surface area contributed by atoms with Crippen molar-refractivity contribution in [1.82, 2.24) is 9.62 Å². The highest BCUT2D eigenvalue weighted by Gasteiger charge is 2.29. The lowest BCUT2D eigenvalue weighted by atomic mass is 10.1. The summed E-state index contributed by atoms with van der Waals surface area (Å²) in [5.74, 6) is -0.265. The van der Waals surface area contributed by atoms with Crippen molar-refractivity contribution in [2.75, 3.05) is 13.1 Å². The molecule has 1 heterocycles. The van der Waals surface area contributed by atoms with Crippen molar-refractivity contribution in [1.29, 1.82) is 0 Å². The van der Waals surface area contributed by atoms with Gasteiger partial charge >= 0.3 is 0 Å². The van der Waals surface area contributed by atoms with E-state index in [1.165, 1.54) is 16.4 Å². The Morgan fingerprint density at radius 3 is 2.60 bits per heavy atom. The van der Waals surface area contributed by atoms with Crippen LogP contribution in [-0.2, 0) is 10.0 Å². The Morgan fingerprint density at radius 2 is 1.96 bits per heavy atom. The number of nitrogens with one attached hydrogen (secondary N) is 1. The first-order valence-electron chi connectivity index (χ1n) is 8.97. The molecule has 0 bridgehead atoms. The Bertz CT molecular complexity index is 700. The molecule has 25 heavy (non-hydrogen) atoms. The molecular weight excluding hydrogens is 360 g/mol. The molecule has 1 aromatic rings. The molecule has 1 fully saturated rings. The summed E-state index contributed by atoms with van der Waals surface area (Å²) in [5, 5.41) is 3.08. The molecule has 1 saturated heterocycles. The smallest absolute Gasteiger partial charge is 0.251 e. The molecule has 0 saturated carbocycles. The zero-order valence-corrected chi connectivity index (χ0v) is 16.5. The number of amides is 1. The van der Waals surface area contributed by atoms with Crippen LogP contribution in [0.1, 0.15) is 62.7 Å². The van der Waals surface area contributed by atoms with Gasteiger partial charge in [0, 0.05) is 24.7 Å². The summed E-state index contributed by atoms with van der Waals surface area (Å²) in [5.41, 5.74) is 0.324. The minimum atomic E-state index is -3.65. The van der Waals surface area contributed by atoms with Crippen LogP contribution >= 0.6 is 11.6 Å². The minimum absolute atomic E-state index is 0.0161. The highest BCUT2D eigenvalue weighted by molar-refractivity contribution is 7.89. The van der Waals surface area contributed by atoms with Gasteiger partial charge in [0.1, 0.15) is 4.90 Å². The topological polar surface area (TPSA) is 66.5 Å². The second-order valence-corrected chi connectivity index (χ2v) is 8.94. The zero-order valence-electron chi connectivity index (χ0n) is 14.9. The maximum Gasteiger partial charge on any atom is 0.251 e. The number of rotatable bonds is 8. The third-order valence-electron chi connectivity index (χ3n) is 4.49. The Kier molecular flexibility index (Phi) is 7.28. The Morgan fingerprint density at radius 1 is 1.28 bits per heavy atom. The molecule has 0 aromatic heterocycles. The Hall–Kier alpha value is -1.11. The minimum Gasteiger partial charge on any atom is -0.350 e. The van der Waals surface area contributed by atoms with Crippen molar-refractivity contribution < 1.29 is 13.2 Å². The van der Waals surface area contributed by atoms with Crippen molar-refractivity contribution in [2.24, 2.45) is 0 Å². The largest absolute Gasteiger partial charge is 0.350 e. The summed E-state index contributed by atoms with van der Waals surface area (Å²) < 4.78 is 26.9. The van der Waals surface area contributed by atoms with Gasteiger partial charge in [-0.05, 0) is 44.4 Å². The lowest BCUT2D eigenvalue weighted by Gasteiger charge is -2.18. The van der Waals surface area contributed by atoms with Crippen LogP contribution in [0.25, 0.3) is 0 Å². The molecule has 1 aliphatic heterocycles. The van der Waals surface area contributed by atoms with Crippen molar-refractivity contribution >= 4 is 27.5 Å². The summed E-state index contributed by atoms with van der Waals surface area (Å²) in [7, 11) is -3.65. The zero-order chi connectivity index (χ0) is 18.4. The molecule has 0 aliphatic carbocycles. The number of carbonyl (C=O) groups excluding carboxylic acids is 1. The lowest BCUT2D eigenvalue weighted by molar-refractivity contribution is 0.0937. The Balaban J connectivity index is 2.13. The van der Waals surface area contributed by atoms with Crippen molar-refractivity contribution in [2.45, 2.75) is 63.3 Å². The van der Waals surface area contributed by atoms with E-state index in [1.807, 2.05) is 6.92 Å². The molecule has 1 N–H and O–H groups in total. The molecule has 5 nitrogen and oxygen atoms in total. The summed E-state index contributed by atoms with van der Waals surface area (Å²) in [4.78, 5) is 12.5. The highest BCUT2D eigenvalue weighted by Crippen LogP contribution is 2.28. The third-order valence-corrected chi connectivity index (χ3v) is 6.87. The molecule has 0 spiro atoms. The summed E-state index contributed by atoms with van der Waals surface area (Å²) in [6, 6.07) is 4.50. The molecule has 2 rings (SSSR count). The third kappa shape index (κ3) is 5.19. The van der Waals surface area contributed by atoms with Gasteiger partial charge in [-0.3, -0.25) is 4.79 Å². The predicted octanol–water partition coefficient (Wildman–Crippen LogP) is 3.82. The monoisotopic (exact) mass is 386 g/mol. The van der Waals surface area contributed by atoms with E-state index in [9.17, 15) is 13.2 Å². The lowest BCUT2D eigenvalue weighted by Crippen LogP contribution is -2.33. The van der Waals surface area contributed by atoms with Gasteiger partial charge in [0.25, 0.3) is 5.91 Å². The first-order chi connectivity index (χ1) is 11.9. The van der Waals surface area contributed by atoms with Crippen LogP contribution in [0, 0.1) is 0 Å². The van der Waals surface area contributed by atoms with E-state index in [4.69, 9.17) is 11.6 Å². The van der Waals surface area contributed by atoms with Crippen LogP contribution in [0.4, 0.5) is 0 Å². The van der Waals surface area contributed by atoms with Gasteiger partial charge in [0.05, 0.1) is 5.02 Å². The molecule has 140 valence electrons. The van der Waals surface area contributed by atoms with Crippen LogP contribution in [0.3, 0.4) is 0 Å². The molecular formula is C18H27ClN2O3S. The number of carbonyl (C=O) groups is 1. The van der Waals surface area contributed by atoms with Crippen molar-refractivity contribution in [3.8, 4) is 0 Å². The average Bonchev–Trinajstić information content (AvgIpc) is 3.10. The Labute approximate surface area is 155 Å². The molecule has 1 aromatic carbocycles. The standard InChI is InChI=1S/C18H27ClN2O3S/c1-3-4-5-8-14(2)20-18(22)15-9-10-16(19)17(13-15)25(23,24)21-11-6-7-12-21/h9-10,13-14H,3-8,11-12H2,1-2H3,(H,20,22)/t14-/m0/s1. The fraction of sp³-hybridized carbons (Fsp3) is 0.611. The molecule has 1 amide bonds. The quantitative estimate of drug-likeness (QED) is 0.690. The van der Waals surface area contributed by atoms with Crippen LogP contribution in [0.5, 0.6) is 0 Å². The van der Waals surface area contributed by atoms with Gasteiger partial charge in [0.15, 0.2) is 0 Å². The van der Waals surface area contributed by atoms with Gasteiger partial charge < -0.3 is 5.32 Å². The molecule has 1 aliphatic rings. The van der Waals surface area contributed by atoms with Crippen LogP contribution in [-0.4, -0.2) is 37.8 Å². The van der Waals surface area contributed by atoms with Gasteiger partial charge in [-0.1, -0.05) is 37.8 Å². The second kappa shape index (κ2) is 9.01. The van der Waals surface area contributed by atoms with Crippen molar-refractivity contribution in [3.05, 3.63) is 28.8 Å². The number of benzene rings is 1. The van der Waals surface area contributed by atoms with Gasteiger partial charge in [-0.2, -0.15) is 4.31 Å². The summed E-state index contributed by atoms with van der Waals surface area (Å²) in [6.07, 6.45) is 5.95. The predicted molar refractivity (Wildman–Crippen MR) is 101 cm³/mol. The number of nitrogens with zero attached hydrogens (tertiary/aromatic N) is 1. The van der Waals surface area contributed by atoms with Crippen LogP contribution in [0.15, 0.2) is 23.1 Å². The fourth-order valence-electron chi connectivity index (χ4n) is 2.99. The van der Waals surface area contributed by atoms with Crippen LogP contribution in [0.2, 0.25) is 5.02 Å².